The van der Waals surface area contributed by atoms with Crippen LogP contribution in [0.5, 0.6) is 0 Å². The van der Waals surface area contributed by atoms with E-state index in [0.717, 1.165) is 17.8 Å². The average molecular weight is 327 g/mol. The van der Waals surface area contributed by atoms with Gasteiger partial charge in [-0.15, -0.1) is 11.3 Å². The fourth-order valence-electron chi connectivity index (χ4n) is 1.60. The van der Waals surface area contributed by atoms with Crippen LogP contribution in [0.15, 0.2) is 34.7 Å². The van der Waals surface area contributed by atoms with Crippen molar-refractivity contribution >= 4 is 23.5 Å². The van der Waals surface area contributed by atoms with E-state index in [1.165, 1.54) is 29.7 Å². The molecule has 1 aromatic carbocycles. The summed E-state index contributed by atoms with van der Waals surface area (Å²) in [6, 6.07) is 4.48. The highest BCUT2D eigenvalue weighted by Crippen LogP contribution is 2.28. The predicted octanol–water partition coefficient (Wildman–Crippen LogP) is 3.16. The molecule has 1 amide bonds. The molecule has 1 heterocycles. The molecule has 2 rings (SSSR count). The van der Waals surface area contributed by atoms with Gasteiger partial charge in [-0.2, -0.15) is 18.3 Å². The van der Waals surface area contributed by atoms with Crippen molar-refractivity contribution in [2.45, 2.75) is 19.5 Å². The fraction of sp³-hybridized carbons (Fsp3) is 0.214. The summed E-state index contributed by atoms with van der Waals surface area (Å²) in [5.41, 5.74) is 2.88. The van der Waals surface area contributed by atoms with Crippen molar-refractivity contribution < 1.29 is 18.0 Å². The van der Waals surface area contributed by atoms with Gasteiger partial charge in [0.05, 0.1) is 18.2 Å². The highest BCUT2D eigenvalue weighted by Gasteiger charge is 2.29. The first-order valence-corrected chi connectivity index (χ1v) is 7.13. The van der Waals surface area contributed by atoms with E-state index in [4.69, 9.17) is 0 Å². The van der Waals surface area contributed by atoms with Crippen molar-refractivity contribution in [3.63, 3.8) is 0 Å². The number of aryl methyl sites for hydroxylation is 1. The van der Waals surface area contributed by atoms with Gasteiger partial charge < -0.3 is 0 Å². The molecular weight excluding hydrogens is 315 g/mol. The van der Waals surface area contributed by atoms with E-state index in [1.807, 2.05) is 12.3 Å². The lowest BCUT2D eigenvalue weighted by Gasteiger charge is -2.05. The second-order valence-corrected chi connectivity index (χ2v) is 5.42. The van der Waals surface area contributed by atoms with E-state index in [0.29, 0.717) is 10.6 Å². The van der Waals surface area contributed by atoms with Crippen LogP contribution in [0.4, 0.5) is 13.2 Å². The molecule has 0 atom stereocenters. The maximum atomic E-state index is 12.4. The zero-order valence-corrected chi connectivity index (χ0v) is 12.3. The molecule has 0 saturated carbocycles. The Bertz CT molecular complexity index is 677. The second kappa shape index (κ2) is 6.69. The minimum absolute atomic E-state index is 0.114. The van der Waals surface area contributed by atoms with Gasteiger partial charge >= 0.3 is 6.18 Å². The number of aromatic nitrogens is 1. The van der Waals surface area contributed by atoms with Crippen LogP contribution in [0.25, 0.3) is 0 Å². The molecule has 116 valence electrons. The monoisotopic (exact) mass is 327 g/mol. The first kappa shape index (κ1) is 16.2. The fourth-order valence-corrected chi connectivity index (χ4v) is 2.37. The highest BCUT2D eigenvalue weighted by molar-refractivity contribution is 7.09. The van der Waals surface area contributed by atoms with Crippen LogP contribution < -0.4 is 5.43 Å². The van der Waals surface area contributed by atoms with Crippen molar-refractivity contribution in [1.82, 2.24) is 10.4 Å². The van der Waals surface area contributed by atoms with Crippen molar-refractivity contribution in [3.05, 3.63) is 51.5 Å². The summed E-state index contributed by atoms with van der Waals surface area (Å²) in [6.45, 7) is 1.83. The third-order valence-electron chi connectivity index (χ3n) is 2.62. The van der Waals surface area contributed by atoms with Gasteiger partial charge in [0.25, 0.3) is 0 Å². The van der Waals surface area contributed by atoms with E-state index >= 15 is 0 Å². The molecule has 4 nitrogen and oxygen atoms in total. The molecule has 8 heteroatoms. The molecule has 0 fully saturated rings. The highest BCUT2D eigenvalue weighted by atomic mass is 32.1. The maximum Gasteiger partial charge on any atom is 0.416 e. The van der Waals surface area contributed by atoms with Crippen LogP contribution in [0.1, 0.15) is 21.8 Å². The number of halogens is 3. The third kappa shape index (κ3) is 4.66. The van der Waals surface area contributed by atoms with Gasteiger partial charge in [0.1, 0.15) is 5.01 Å². The molecule has 0 saturated heterocycles. The van der Waals surface area contributed by atoms with Gasteiger partial charge in [0.2, 0.25) is 5.91 Å². The van der Waals surface area contributed by atoms with Crippen LogP contribution in [-0.4, -0.2) is 17.1 Å². The van der Waals surface area contributed by atoms with Gasteiger partial charge in [0.15, 0.2) is 0 Å². The number of hydrogen-bond donors (Lipinski definition) is 1. The quantitative estimate of drug-likeness (QED) is 0.693. The number of rotatable bonds is 4. The number of nitrogens with one attached hydrogen (secondary N) is 1. The normalized spacial score (nSPS) is 11.8. The zero-order valence-electron chi connectivity index (χ0n) is 11.5. The predicted molar refractivity (Wildman–Crippen MR) is 77.7 cm³/mol. The van der Waals surface area contributed by atoms with Gasteiger partial charge in [0, 0.05) is 11.1 Å². The summed E-state index contributed by atoms with van der Waals surface area (Å²) < 4.78 is 37.2. The summed E-state index contributed by atoms with van der Waals surface area (Å²) >= 11 is 1.38. The molecular formula is C14H12F3N3OS. The topological polar surface area (TPSA) is 54.4 Å². The van der Waals surface area contributed by atoms with Crippen molar-refractivity contribution in [3.8, 4) is 0 Å². The van der Waals surface area contributed by atoms with Crippen LogP contribution in [0.3, 0.4) is 0 Å². The van der Waals surface area contributed by atoms with Crippen molar-refractivity contribution in [2.24, 2.45) is 5.10 Å². The van der Waals surface area contributed by atoms with E-state index in [1.54, 1.807) is 0 Å². The summed E-state index contributed by atoms with van der Waals surface area (Å²) in [4.78, 5) is 15.7. The van der Waals surface area contributed by atoms with E-state index in [-0.39, 0.29) is 12.3 Å². The van der Waals surface area contributed by atoms with Crippen molar-refractivity contribution in [2.75, 3.05) is 0 Å². The molecule has 0 aliphatic carbocycles. The first-order chi connectivity index (χ1) is 10.3. The van der Waals surface area contributed by atoms with Gasteiger partial charge in [-0.3, -0.25) is 4.79 Å². The average Bonchev–Trinajstić information content (AvgIpc) is 2.83. The maximum absolute atomic E-state index is 12.4. The number of alkyl halides is 3. The molecule has 1 N–H and O–H groups in total. The SMILES string of the molecule is Cc1csc(CC(=O)N/N=C\c2ccc(C(F)(F)F)cc2)n1. The Kier molecular flexibility index (Phi) is 4.92. The molecule has 0 bridgehead atoms. The summed E-state index contributed by atoms with van der Waals surface area (Å²) in [6.07, 6.45) is -2.97. The number of nitrogens with zero attached hydrogens (tertiary/aromatic N) is 2. The Hall–Kier alpha value is -2.22. The van der Waals surface area contributed by atoms with E-state index in [9.17, 15) is 18.0 Å². The van der Waals surface area contributed by atoms with Crippen molar-refractivity contribution in [1.29, 1.82) is 0 Å². The van der Waals surface area contributed by atoms with E-state index in [2.05, 4.69) is 15.5 Å². The van der Waals surface area contributed by atoms with Gasteiger partial charge in [-0.05, 0) is 24.6 Å². The third-order valence-corrected chi connectivity index (χ3v) is 3.59. The Balaban J connectivity index is 1.88. The van der Waals surface area contributed by atoms with Crippen LogP contribution >= 0.6 is 11.3 Å². The number of hydrogen-bond acceptors (Lipinski definition) is 4. The minimum Gasteiger partial charge on any atom is -0.273 e. The summed E-state index contributed by atoms with van der Waals surface area (Å²) in [5, 5.41) is 6.23. The number of hydrazone groups is 1. The Morgan fingerprint density at radius 3 is 2.59 bits per heavy atom. The number of carbonyl (C=O) groups excluding carboxylic acids is 1. The second-order valence-electron chi connectivity index (χ2n) is 4.47. The van der Waals surface area contributed by atoms with Crippen LogP contribution in [0.2, 0.25) is 0 Å². The summed E-state index contributed by atoms with van der Waals surface area (Å²) in [5.74, 6) is -0.336. The Morgan fingerprint density at radius 2 is 2.05 bits per heavy atom. The molecule has 0 spiro atoms. The number of amides is 1. The largest absolute Gasteiger partial charge is 0.416 e. The number of benzene rings is 1. The molecule has 0 aliphatic rings. The van der Waals surface area contributed by atoms with Crippen LogP contribution in [-0.2, 0) is 17.4 Å². The standard InChI is InChI=1S/C14H12F3N3OS/c1-9-8-22-13(19-9)6-12(21)20-18-7-10-2-4-11(5-3-10)14(15,16)17/h2-5,7-8H,6H2,1H3,(H,20,21)/b18-7-. The number of carbonyl (C=O) groups is 1. The molecule has 22 heavy (non-hydrogen) atoms. The first-order valence-electron chi connectivity index (χ1n) is 6.25. The van der Waals surface area contributed by atoms with Gasteiger partial charge in [-0.25, -0.2) is 10.4 Å². The minimum atomic E-state index is -4.37. The molecule has 0 radical (unpaired) electrons. The molecule has 0 unspecified atom stereocenters. The molecule has 0 aliphatic heterocycles. The molecule has 2 aromatic rings. The lowest BCUT2D eigenvalue weighted by atomic mass is 10.1. The number of thiazole rings is 1. The lowest BCUT2D eigenvalue weighted by Crippen LogP contribution is -2.19. The smallest absolute Gasteiger partial charge is 0.273 e. The summed E-state index contributed by atoms with van der Waals surface area (Å²) in [7, 11) is 0. The molecule has 1 aromatic heterocycles. The Labute approximate surface area is 128 Å². The Morgan fingerprint density at radius 1 is 1.36 bits per heavy atom. The zero-order chi connectivity index (χ0) is 16.2. The van der Waals surface area contributed by atoms with E-state index < -0.39 is 11.7 Å². The van der Waals surface area contributed by atoms with Crippen LogP contribution in [0, 0.1) is 6.92 Å². The van der Waals surface area contributed by atoms with Gasteiger partial charge in [-0.1, -0.05) is 12.1 Å². The lowest BCUT2D eigenvalue weighted by molar-refractivity contribution is -0.137.